The lowest BCUT2D eigenvalue weighted by Crippen LogP contribution is -2.34. The molecule has 0 bridgehead atoms. The Bertz CT molecular complexity index is 678. The fourth-order valence-corrected chi connectivity index (χ4v) is 4.17. The molecule has 0 aliphatic heterocycles. The van der Waals surface area contributed by atoms with Crippen molar-refractivity contribution in [1.82, 2.24) is 5.32 Å². The first-order chi connectivity index (χ1) is 10.1. The zero-order valence-corrected chi connectivity index (χ0v) is 14.4. The summed E-state index contributed by atoms with van der Waals surface area (Å²) < 4.78 is 2.05. The summed E-state index contributed by atoms with van der Waals surface area (Å²) in [7, 11) is 0. The van der Waals surface area contributed by atoms with E-state index >= 15 is 0 Å². The number of anilines is 1. The van der Waals surface area contributed by atoms with Crippen LogP contribution in [0.25, 0.3) is 10.1 Å². The molecule has 1 aromatic heterocycles. The largest absolute Gasteiger partial charge is 0.397 e. The number of thiophene rings is 1. The zero-order valence-electron chi connectivity index (χ0n) is 12.0. The Morgan fingerprint density at radius 2 is 2.29 bits per heavy atom. The van der Waals surface area contributed by atoms with Crippen molar-refractivity contribution in [2.24, 2.45) is 5.92 Å². The highest BCUT2D eigenvalue weighted by molar-refractivity contribution is 9.10. The molecule has 21 heavy (non-hydrogen) atoms. The molecule has 0 saturated heterocycles. The molecular weight excluding hydrogens is 348 g/mol. The summed E-state index contributed by atoms with van der Waals surface area (Å²) in [5.41, 5.74) is 6.75. The number of hydrogen-bond donors (Lipinski definition) is 2. The lowest BCUT2D eigenvalue weighted by molar-refractivity contribution is 0.0937. The molecule has 1 aromatic carbocycles. The second-order valence-electron chi connectivity index (χ2n) is 5.74. The van der Waals surface area contributed by atoms with Crippen molar-refractivity contribution in [3.63, 3.8) is 0 Å². The average Bonchev–Trinajstić information content (AvgIpc) is 3.21. The summed E-state index contributed by atoms with van der Waals surface area (Å²) in [5.74, 6) is 0.781. The van der Waals surface area contributed by atoms with E-state index in [9.17, 15) is 4.79 Å². The van der Waals surface area contributed by atoms with Gasteiger partial charge in [0.25, 0.3) is 5.91 Å². The number of nitrogen functional groups attached to an aromatic ring is 1. The van der Waals surface area contributed by atoms with E-state index in [-0.39, 0.29) is 11.9 Å². The highest BCUT2D eigenvalue weighted by Gasteiger charge is 2.26. The molecule has 2 aromatic rings. The van der Waals surface area contributed by atoms with Crippen LogP contribution in [0.5, 0.6) is 0 Å². The van der Waals surface area contributed by atoms with Crippen LogP contribution in [-0.4, -0.2) is 11.9 Å². The predicted octanol–water partition coefficient (Wildman–Crippen LogP) is 4.55. The first-order valence-electron chi connectivity index (χ1n) is 7.37. The Morgan fingerprint density at radius 3 is 2.95 bits per heavy atom. The van der Waals surface area contributed by atoms with Crippen molar-refractivity contribution in [2.75, 3.05) is 5.73 Å². The van der Waals surface area contributed by atoms with Crippen LogP contribution in [0.1, 0.15) is 42.3 Å². The third kappa shape index (κ3) is 3.24. The van der Waals surface area contributed by atoms with Gasteiger partial charge in [-0.2, -0.15) is 0 Å². The molecule has 3 rings (SSSR count). The summed E-state index contributed by atoms with van der Waals surface area (Å²) in [6, 6.07) is 6.19. The van der Waals surface area contributed by atoms with Gasteiger partial charge in [0.05, 0.1) is 5.69 Å². The van der Waals surface area contributed by atoms with Crippen LogP contribution in [0.15, 0.2) is 22.7 Å². The van der Waals surface area contributed by atoms with E-state index in [4.69, 9.17) is 5.73 Å². The highest BCUT2D eigenvalue weighted by atomic mass is 79.9. The number of halogens is 1. The molecule has 1 fully saturated rings. The predicted molar refractivity (Wildman–Crippen MR) is 92.8 cm³/mol. The van der Waals surface area contributed by atoms with Gasteiger partial charge in [-0.25, -0.2) is 0 Å². The lowest BCUT2D eigenvalue weighted by Gasteiger charge is -2.16. The van der Waals surface area contributed by atoms with E-state index in [1.807, 2.05) is 18.2 Å². The van der Waals surface area contributed by atoms with Gasteiger partial charge in [0.1, 0.15) is 4.88 Å². The van der Waals surface area contributed by atoms with Crippen molar-refractivity contribution >= 4 is 48.9 Å². The molecular formula is C16H19BrN2OS. The van der Waals surface area contributed by atoms with Crippen LogP contribution in [0.3, 0.4) is 0 Å². The van der Waals surface area contributed by atoms with E-state index in [1.165, 1.54) is 24.2 Å². The van der Waals surface area contributed by atoms with E-state index in [0.717, 1.165) is 33.3 Å². The zero-order chi connectivity index (χ0) is 15.0. The van der Waals surface area contributed by atoms with E-state index < -0.39 is 0 Å². The molecule has 3 N–H and O–H groups in total. The number of hydrogen-bond acceptors (Lipinski definition) is 3. The molecule has 1 heterocycles. The van der Waals surface area contributed by atoms with E-state index in [1.54, 1.807) is 0 Å². The third-order valence-electron chi connectivity index (χ3n) is 4.04. The van der Waals surface area contributed by atoms with Crippen molar-refractivity contribution in [3.05, 3.63) is 27.5 Å². The van der Waals surface area contributed by atoms with Crippen LogP contribution < -0.4 is 11.1 Å². The molecule has 0 spiro atoms. The number of carbonyl (C=O) groups excluding carboxylic acids is 1. The van der Waals surface area contributed by atoms with Gasteiger partial charge in [-0.1, -0.05) is 41.8 Å². The fraction of sp³-hybridized carbons (Fsp3) is 0.438. The van der Waals surface area contributed by atoms with E-state index in [2.05, 4.69) is 28.2 Å². The maximum absolute atomic E-state index is 12.5. The molecule has 0 radical (unpaired) electrons. The first-order valence-corrected chi connectivity index (χ1v) is 8.97. The van der Waals surface area contributed by atoms with Gasteiger partial charge in [0.15, 0.2) is 0 Å². The summed E-state index contributed by atoms with van der Waals surface area (Å²) in [6.07, 6.45) is 4.69. The number of nitrogens with two attached hydrogens (primary N) is 1. The summed E-state index contributed by atoms with van der Waals surface area (Å²) in [5, 5.41) is 4.11. The van der Waals surface area contributed by atoms with Gasteiger partial charge in [0.2, 0.25) is 0 Å². The second kappa shape index (κ2) is 5.97. The second-order valence-corrected chi connectivity index (χ2v) is 7.71. The Kier molecular flexibility index (Phi) is 4.22. The number of nitrogens with one attached hydrogen (secondary N) is 1. The van der Waals surface area contributed by atoms with Crippen molar-refractivity contribution in [3.8, 4) is 0 Å². The normalized spacial score (nSPS) is 16.1. The van der Waals surface area contributed by atoms with Crippen LogP contribution >= 0.6 is 27.3 Å². The fourth-order valence-electron chi connectivity index (χ4n) is 2.59. The standard InChI is InChI=1S/C16H19BrN2OS/c1-2-11(7-9-3-4-9)19-16(20)15-14(18)12-6-5-10(17)8-13(12)21-15/h5-6,8-9,11H,2-4,7,18H2,1H3,(H,19,20). The van der Waals surface area contributed by atoms with E-state index in [0.29, 0.717) is 10.6 Å². The van der Waals surface area contributed by atoms with Crippen LogP contribution in [0.2, 0.25) is 0 Å². The molecule has 1 amide bonds. The van der Waals surface area contributed by atoms with Crippen LogP contribution in [0.4, 0.5) is 5.69 Å². The number of benzene rings is 1. The molecule has 1 aliphatic rings. The Morgan fingerprint density at radius 1 is 1.52 bits per heavy atom. The molecule has 3 nitrogen and oxygen atoms in total. The lowest BCUT2D eigenvalue weighted by atomic mass is 10.1. The molecule has 5 heteroatoms. The Labute approximate surface area is 137 Å². The molecule has 1 atom stereocenters. The maximum Gasteiger partial charge on any atom is 0.263 e. The molecule has 112 valence electrons. The first kappa shape index (κ1) is 14.9. The number of carbonyl (C=O) groups is 1. The molecule has 1 aliphatic carbocycles. The monoisotopic (exact) mass is 366 g/mol. The smallest absolute Gasteiger partial charge is 0.263 e. The van der Waals surface area contributed by atoms with Gasteiger partial charge in [-0.15, -0.1) is 11.3 Å². The minimum atomic E-state index is -0.0303. The van der Waals surface area contributed by atoms with Gasteiger partial charge in [-0.3, -0.25) is 4.79 Å². The highest BCUT2D eigenvalue weighted by Crippen LogP contribution is 2.36. The van der Waals surface area contributed by atoms with Crippen LogP contribution in [-0.2, 0) is 0 Å². The van der Waals surface area contributed by atoms with Gasteiger partial charge in [0, 0.05) is 20.6 Å². The summed E-state index contributed by atoms with van der Waals surface area (Å²) in [6.45, 7) is 2.12. The Hall–Kier alpha value is -1.07. The minimum Gasteiger partial charge on any atom is -0.397 e. The van der Waals surface area contributed by atoms with Crippen LogP contribution in [0, 0.1) is 5.92 Å². The number of amides is 1. The van der Waals surface area contributed by atoms with Gasteiger partial charge >= 0.3 is 0 Å². The van der Waals surface area contributed by atoms with Gasteiger partial charge in [-0.05, 0) is 30.9 Å². The van der Waals surface area contributed by atoms with Crippen molar-refractivity contribution < 1.29 is 4.79 Å². The average molecular weight is 367 g/mol. The topological polar surface area (TPSA) is 55.1 Å². The summed E-state index contributed by atoms with van der Waals surface area (Å²) >= 11 is 4.92. The SMILES string of the molecule is CCC(CC1CC1)NC(=O)c1sc2cc(Br)ccc2c1N. The Balaban J connectivity index is 1.81. The summed E-state index contributed by atoms with van der Waals surface area (Å²) in [4.78, 5) is 13.1. The molecule has 1 unspecified atom stereocenters. The minimum absolute atomic E-state index is 0.0303. The van der Waals surface area contributed by atoms with Crippen molar-refractivity contribution in [1.29, 1.82) is 0 Å². The van der Waals surface area contributed by atoms with Crippen molar-refractivity contribution in [2.45, 2.75) is 38.6 Å². The third-order valence-corrected chi connectivity index (χ3v) is 5.70. The molecule has 1 saturated carbocycles. The number of fused-ring (bicyclic) bond motifs is 1. The number of rotatable bonds is 5. The maximum atomic E-state index is 12.5. The van der Waals surface area contributed by atoms with Gasteiger partial charge < -0.3 is 11.1 Å². The quantitative estimate of drug-likeness (QED) is 0.814.